The molecule has 122 valence electrons. The van der Waals surface area contributed by atoms with Gasteiger partial charge in [0.1, 0.15) is 12.1 Å². The third-order valence-electron chi connectivity index (χ3n) is 4.04. The molecular formula is C17H21N3O3. The summed E-state index contributed by atoms with van der Waals surface area (Å²) in [6.45, 7) is 2.09. The van der Waals surface area contributed by atoms with Gasteiger partial charge in [0, 0.05) is 24.7 Å². The lowest BCUT2D eigenvalue weighted by atomic mass is 10.1. The number of anilines is 1. The van der Waals surface area contributed by atoms with Crippen molar-refractivity contribution < 1.29 is 14.2 Å². The summed E-state index contributed by atoms with van der Waals surface area (Å²) >= 11 is 0. The third kappa shape index (κ3) is 3.02. The van der Waals surface area contributed by atoms with Gasteiger partial charge in [-0.2, -0.15) is 0 Å². The lowest BCUT2D eigenvalue weighted by Gasteiger charge is -2.17. The van der Waals surface area contributed by atoms with Crippen molar-refractivity contribution >= 4 is 5.82 Å². The molecule has 1 aliphatic heterocycles. The van der Waals surface area contributed by atoms with Crippen LogP contribution in [0.1, 0.15) is 12.8 Å². The summed E-state index contributed by atoms with van der Waals surface area (Å²) in [6.07, 6.45) is 4.03. The van der Waals surface area contributed by atoms with Gasteiger partial charge in [0.15, 0.2) is 11.5 Å². The van der Waals surface area contributed by atoms with Crippen molar-refractivity contribution in [2.24, 2.45) is 0 Å². The Hall–Kier alpha value is -2.50. The summed E-state index contributed by atoms with van der Waals surface area (Å²) in [5.41, 5.74) is 1.74. The van der Waals surface area contributed by atoms with Gasteiger partial charge in [-0.05, 0) is 25.0 Å². The Kier molecular flexibility index (Phi) is 4.50. The first-order valence-corrected chi connectivity index (χ1v) is 7.64. The zero-order valence-electron chi connectivity index (χ0n) is 13.7. The van der Waals surface area contributed by atoms with E-state index in [2.05, 4.69) is 14.9 Å². The summed E-state index contributed by atoms with van der Waals surface area (Å²) in [7, 11) is 4.81. The van der Waals surface area contributed by atoms with E-state index in [4.69, 9.17) is 14.2 Å². The van der Waals surface area contributed by atoms with Crippen LogP contribution in [-0.4, -0.2) is 44.4 Å². The van der Waals surface area contributed by atoms with Crippen LogP contribution in [0.5, 0.6) is 17.2 Å². The van der Waals surface area contributed by atoms with Gasteiger partial charge in [-0.15, -0.1) is 0 Å². The third-order valence-corrected chi connectivity index (χ3v) is 4.04. The van der Waals surface area contributed by atoms with Crippen molar-refractivity contribution in [2.75, 3.05) is 39.3 Å². The average molecular weight is 315 g/mol. The van der Waals surface area contributed by atoms with E-state index in [1.165, 1.54) is 12.8 Å². The number of ether oxygens (including phenoxy) is 3. The fraction of sp³-hybridized carbons (Fsp3) is 0.412. The monoisotopic (exact) mass is 315 g/mol. The van der Waals surface area contributed by atoms with Crippen LogP contribution in [0.4, 0.5) is 5.82 Å². The maximum Gasteiger partial charge on any atom is 0.203 e. The van der Waals surface area contributed by atoms with Gasteiger partial charge in [0.05, 0.1) is 27.0 Å². The molecule has 1 aromatic carbocycles. The van der Waals surface area contributed by atoms with Crippen molar-refractivity contribution in [3.63, 3.8) is 0 Å². The molecule has 0 N–H and O–H groups in total. The Balaban J connectivity index is 2.02. The van der Waals surface area contributed by atoms with E-state index in [-0.39, 0.29) is 0 Å². The van der Waals surface area contributed by atoms with Crippen molar-refractivity contribution in [1.29, 1.82) is 0 Å². The number of rotatable bonds is 5. The molecule has 0 unspecified atom stereocenters. The molecule has 0 aliphatic carbocycles. The molecule has 0 radical (unpaired) electrons. The fourth-order valence-corrected chi connectivity index (χ4v) is 2.85. The zero-order chi connectivity index (χ0) is 16.2. The summed E-state index contributed by atoms with van der Waals surface area (Å²) in [6, 6.07) is 5.81. The first-order chi connectivity index (χ1) is 11.3. The second kappa shape index (κ2) is 6.73. The SMILES string of the molecule is COc1cc(-c2cc(N3CCCC3)ncn2)cc(OC)c1OC. The second-order valence-electron chi connectivity index (χ2n) is 5.37. The molecule has 6 nitrogen and oxygen atoms in total. The van der Waals surface area contributed by atoms with E-state index in [1.807, 2.05) is 18.2 Å². The van der Waals surface area contributed by atoms with Crippen LogP contribution < -0.4 is 19.1 Å². The molecule has 0 saturated carbocycles. The quantitative estimate of drug-likeness (QED) is 0.845. The van der Waals surface area contributed by atoms with Crippen LogP contribution in [0.3, 0.4) is 0 Å². The highest BCUT2D eigenvalue weighted by Gasteiger charge is 2.17. The second-order valence-corrected chi connectivity index (χ2v) is 5.37. The van der Waals surface area contributed by atoms with E-state index >= 15 is 0 Å². The highest BCUT2D eigenvalue weighted by molar-refractivity contribution is 5.70. The maximum absolute atomic E-state index is 5.41. The van der Waals surface area contributed by atoms with Gasteiger partial charge in [-0.25, -0.2) is 9.97 Å². The van der Waals surface area contributed by atoms with Gasteiger partial charge in [-0.3, -0.25) is 0 Å². The van der Waals surface area contributed by atoms with Gasteiger partial charge >= 0.3 is 0 Å². The topological polar surface area (TPSA) is 56.7 Å². The van der Waals surface area contributed by atoms with Gasteiger partial charge in [-0.1, -0.05) is 0 Å². The zero-order valence-corrected chi connectivity index (χ0v) is 13.7. The van der Waals surface area contributed by atoms with Crippen LogP contribution in [-0.2, 0) is 0 Å². The number of hydrogen-bond donors (Lipinski definition) is 0. The van der Waals surface area contributed by atoms with Crippen molar-refractivity contribution in [3.05, 3.63) is 24.5 Å². The Morgan fingerprint density at radius 1 is 0.870 bits per heavy atom. The highest BCUT2D eigenvalue weighted by atomic mass is 16.5. The molecule has 1 fully saturated rings. The molecule has 0 amide bonds. The maximum atomic E-state index is 5.41. The number of aromatic nitrogens is 2. The normalized spacial score (nSPS) is 14.0. The van der Waals surface area contributed by atoms with E-state index < -0.39 is 0 Å². The fourth-order valence-electron chi connectivity index (χ4n) is 2.85. The molecule has 1 aromatic heterocycles. The lowest BCUT2D eigenvalue weighted by Crippen LogP contribution is -2.19. The van der Waals surface area contributed by atoms with Crippen LogP contribution in [0.2, 0.25) is 0 Å². The van der Waals surface area contributed by atoms with Crippen LogP contribution in [0, 0.1) is 0 Å². The van der Waals surface area contributed by atoms with Gasteiger partial charge in [0.2, 0.25) is 5.75 Å². The predicted octanol–water partition coefficient (Wildman–Crippen LogP) is 2.77. The molecule has 6 heteroatoms. The largest absolute Gasteiger partial charge is 0.493 e. The van der Waals surface area contributed by atoms with Crippen molar-refractivity contribution in [2.45, 2.75) is 12.8 Å². The minimum Gasteiger partial charge on any atom is -0.493 e. The first-order valence-electron chi connectivity index (χ1n) is 7.64. The van der Waals surface area contributed by atoms with Crippen LogP contribution in [0.15, 0.2) is 24.5 Å². The molecule has 3 rings (SSSR count). The Morgan fingerprint density at radius 2 is 1.52 bits per heavy atom. The number of benzene rings is 1. The molecule has 0 spiro atoms. The summed E-state index contributed by atoms with van der Waals surface area (Å²) < 4.78 is 16.2. The molecule has 2 aromatic rings. The summed E-state index contributed by atoms with van der Waals surface area (Å²) in [4.78, 5) is 11.1. The molecule has 1 saturated heterocycles. The predicted molar refractivity (Wildman–Crippen MR) is 88.6 cm³/mol. The average Bonchev–Trinajstić information content (AvgIpc) is 3.15. The van der Waals surface area contributed by atoms with Gasteiger partial charge < -0.3 is 19.1 Å². The molecule has 0 atom stereocenters. The Morgan fingerprint density at radius 3 is 2.09 bits per heavy atom. The molecule has 1 aliphatic rings. The van der Waals surface area contributed by atoms with E-state index in [0.29, 0.717) is 17.2 Å². The minimum atomic E-state index is 0.576. The smallest absolute Gasteiger partial charge is 0.203 e. The van der Waals surface area contributed by atoms with Crippen molar-refractivity contribution in [1.82, 2.24) is 9.97 Å². The summed E-state index contributed by atoms with van der Waals surface area (Å²) in [5.74, 6) is 2.76. The van der Waals surface area contributed by atoms with E-state index in [1.54, 1.807) is 27.7 Å². The minimum absolute atomic E-state index is 0.576. The Bertz CT molecular complexity index is 660. The van der Waals surface area contributed by atoms with E-state index in [0.717, 1.165) is 30.2 Å². The molecular weight excluding hydrogens is 294 g/mol. The number of methoxy groups -OCH3 is 3. The number of nitrogens with zero attached hydrogens (tertiary/aromatic N) is 3. The van der Waals surface area contributed by atoms with E-state index in [9.17, 15) is 0 Å². The van der Waals surface area contributed by atoms with Crippen LogP contribution >= 0.6 is 0 Å². The molecule has 0 bridgehead atoms. The standard InChI is InChI=1S/C17H21N3O3/c1-21-14-8-12(9-15(22-2)17(14)23-3)13-10-16(19-11-18-13)20-6-4-5-7-20/h8-11H,4-7H2,1-3H3. The Labute approximate surface area is 136 Å². The van der Waals surface area contributed by atoms with Crippen LogP contribution in [0.25, 0.3) is 11.3 Å². The summed E-state index contributed by atoms with van der Waals surface area (Å²) in [5, 5.41) is 0. The van der Waals surface area contributed by atoms with Gasteiger partial charge in [0.25, 0.3) is 0 Å². The van der Waals surface area contributed by atoms with Crippen molar-refractivity contribution in [3.8, 4) is 28.5 Å². The highest BCUT2D eigenvalue weighted by Crippen LogP contribution is 2.41. The molecule has 23 heavy (non-hydrogen) atoms. The lowest BCUT2D eigenvalue weighted by molar-refractivity contribution is 0.324. The molecule has 2 heterocycles. The first kappa shape index (κ1) is 15.4. The number of hydrogen-bond acceptors (Lipinski definition) is 6.